The van der Waals surface area contributed by atoms with E-state index in [1.54, 1.807) is 70.8 Å². The number of hydrogen-bond acceptors (Lipinski definition) is 8. The van der Waals surface area contributed by atoms with Gasteiger partial charge < -0.3 is 15.3 Å². The molecular formula is C36H33N9O4. The van der Waals surface area contributed by atoms with Gasteiger partial charge in [0.05, 0.1) is 45.8 Å². The van der Waals surface area contributed by atoms with Gasteiger partial charge >= 0.3 is 0 Å². The standard InChI is InChI=1S/C36H33N9O4/c1-21-29(33-37-16-9-17-44(33)41-21)34(47)39-22(2)32-40-28-13-8-10-24(30(28)36(49)45(32)27-11-6-5-7-12-27)14-15-25-18-38-42(4)31(25)26-19-43(20-26)35(48)23(3)46/h5-13,16-18,22-23,26,46H,19-20H2,1-4H3,(H,39,47)/t22-,23?/m0/s1. The Kier molecular flexibility index (Phi) is 8.01. The molecule has 0 saturated carbocycles. The van der Waals surface area contributed by atoms with Gasteiger partial charge in [0.2, 0.25) is 0 Å². The van der Waals surface area contributed by atoms with Crippen LogP contribution in [0.4, 0.5) is 0 Å². The zero-order chi connectivity index (χ0) is 34.4. The maximum atomic E-state index is 14.5. The van der Waals surface area contributed by atoms with Crippen LogP contribution in [0.2, 0.25) is 0 Å². The van der Waals surface area contributed by atoms with Crippen LogP contribution < -0.4 is 10.9 Å². The summed E-state index contributed by atoms with van der Waals surface area (Å²) in [5, 5.41) is 21.8. The molecule has 13 heteroatoms. The van der Waals surface area contributed by atoms with E-state index in [9.17, 15) is 19.5 Å². The molecule has 1 fully saturated rings. The first-order valence-corrected chi connectivity index (χ1v) is 15.8. The lowest BCUT2D eigenvalue weighted by Crippen LogP contribution is -2.52. The molecule has 2 amide bonds. The molecule has 5 heterocycles. The number of aliphatic hydroxyl groups excluding tert-OH is 1. The fourth-order valence-electron chi connectivity index (χ4n) is 6.32. The quantitative estimate of drug-likeness (QED) is 0.260. The van der Waals surface area contributed by atoms with E-state index in [1.165, 1.54) is 11.5 Å². The van der Waals surface area contributed by atoms with Gasteiger partial charge in [-0.3, -0.25) is 23.6 Å². The van der Waals surface area contributed by atoms with E-state index < -0.39 is 12.1 Å². The molecule has 1 aliphatic heterocycles. The fraction of sp³-hybridized carbons (Fsp3) is 0.250. The van der Waals surface area contributed by atoms with Crippen molar-refractivity contribution in [1.82, 2.24) is 44.1 Å². The average Bonchev–Trinajstić information content (AvgIpc) is 3.61. The van der Waals surface area contributed by atoms with Crippen molar-refractivity contribution in [3.05, 3.63) is 117 Å². The Balaban J connectivity index is 1.27. The number of nitrogens with zero attached hydrogens (tertiary/aromatic N) is 8. The Hall–Kier alpha value is -6.13. The number of carbonyl (C=O) groups excluding carboxylic acids is 2. The first-order valence-electron chi connectivity index (χ1n) is 15.8. The molecule has 246 valence electrons. The molecule has 2 atom stereocenters. The van der Waals surface area contributed by atoms with Gasteiger partial charge in [-0.15, -0.1) is 0 Å². The third kappa shape index (κ3) is 5.62. The molecule has 0 radical (unpaired) electrons. The average molecular weight is 656 g/mol. The molecule has 1 saturated heterocycles. The smallest absolute Gasteiger partial charge is 0.267 e. The van der Waals surface area contributed by atoms with Crippen molar-refractivity contribution in [2.75, 3.05) is 13.1 Å². The first kappa shape index (κ1) is 31.5. The third-order valence-electron chi connectivity index (χ3n) is 8.72. The zero-order valence-electron chi connectivity index (χ0n) is 27.3. The van der Waals surface area contributed by atoms with Crippen LogP contribution >= 0.6 is 0 Å². The van der Waals surface area contributed by atoms with Gasteiger partial charge in [-0.1, -0.05) is 36.1 Å². The lowest BCUT2D eigenvalue weighted by Gasteiger charge is -2.40. The second kappa shape index (κ2) is 12.5. The molecule has 1 aliphatic rings. The zero-order valence-corrected chi connectivity index (χ0v) is 27.3. The van der Waals surface area contributed by atoms with Crippen LogP contribution in [0, 0.1) is 18.8 Å². The summed E-state index contributed by atoms with van der Waals surface area (Å²) in [6, 6.07) is 15.5. The summed E-state index contributed by atoms with van der Waals surface area (Å²) in [4.78, 5) is 51.1. The van der Waals surface area contributed by atoms with E-state index in [1.807, 2.05) is 37.4 Å². The second-order valence-corrected chi connectivity index (χ2v) is 12.1. The minimum Gasteiger partial charge on any atom is -0.384 e. The number of carbonyl (C=O) groups is 2. The molecular weight excluding hydrogens is 622 g/mol. The van der Waals surface area contributed by atoms with Gasteiger partial charge in [-0.25, -0.2) is 14.5 Å². The van der Waals surface area contributed by atoms with Crippen LogP contribution in [0.1, 0.15) is 64.5 Å². The predicted molar refractivity (Wildman–Crippen MR) is 181 cm³/mol. The van der Waals surface area contributed by atoms with Crippen molar-refractivity contribution in [3.63, 3.8) is 0 Å². The van der Waals surface area contributed by atoms with Crippen LogP contribution in [0.3, 0.4) is 0 Å². The van der Waals surface area contributed by atoms with Gasteiger partial charge in [-0.2, -0.15) is 10.2 Å². The summed E-state index contributed by atoms with van der Waals surface area (Å²) in [5.74, 6) is 6.08. The number of likely N-dealkylation sites (tertiary alicyclic amines) is 1. The normalized spacial score (nSPS) is 14.3. The summed E-state index contributed by atoms with van der Waals surface area (Å²) < 4.78 is 4.81. The van der Waals surface area contributed by atoms with Crippen molar-refractivity contribution in [1.29, 1.82) is 0 Å². The first-order chi connectivity index (χ1) is 23.6. The number of rotatable bonds is 6. The monoisotopic (exact) mass is 655 g/mol. The lowest BCUT2D eigenvalue weighted by atomic mass is 9.93. The summed E-state index contributed by atoms with van der Waals surface area (Å²) in [5.41, 5.74) is 4.06. The highest BCUT2D eigenvalue weighted by Crippen LogP contribution is 2.29. The number of amides is 2. The minimum absolute atomic E-state index is 0.0172. The molecule has 49 heavy (non-hydrogen) atoms. The second-order valence-electron chi connectivity index (χ2n) is 12.1. The van der Waals surface area contributed by atoms with Crippen LogP contribution in [-0.2, 0) is 11.8 Å². The fourth-order valence-corrected chi connectivity index (χ4v) is 6.32. The van der Waals surface area contributed by atoms with Gasteiger partial charge in [-0.05, 0) is 51.1 Å². The number of nitrogens with one attached hydrogen (secondary N) is 1. The Labute approximate surface area is 280 Å². The maximum Gasteiger partial charge on any atom is 0.267 e. The largest absolute Gasteiger partial charge is 0.384 e. The third-order valence-corrected chi connectivity index (χ3v) is 8.72. The van der Waals surface area contributed by atoms with E-state index in [-0.39, 0.29) is 23.3 Å². The number of aromatic nitrogens is 7. The number of aryl methyl sites for hydroxylation is 2. The van der Waals surface area contributed by atoms with Gasteiger partial charge in [0.25, 0.3) is 17.4 Å². The summed E-state index contributed by atoms with van der Waals surface area (Å²) in [6.45, 7) is 5.91. The van der Waals surface area contributed by atoms with E-state index >= 15 is 0 Å². The Morgan fingerprint density at radius 1 is 1.02 bits per heavy atom. The van der Waals surface area contributed by atoms with Crippen LogP contribution in [0.5, 0.6) is 0 Å². The van der Waals surface area contributed by atoms with Crippen LogP contribution in [0.25, 0.3) is 22.2 Å². The van der Waals surface area contributed by atoms with Crippen molar-refractivity contribution >= 4 is 28.4 Å². The van der Waals surface area contributed by atoms with Crippen molar-refractivity contribution in [2.45, 2.75) is 38.8 Å². The molecule has 2 N–H and O–H groups in total. The molecule has 1 unspecified atom stereocenters. The van der Waals surface area contributed by atoms with Gasteiger partial charge in [0.1, 0.15) is 17.5 Å². The topological polar surface area (TPSA) is 153 Å². The van der Waals surface area contributed by atoms with E-state index in [0.717, 1.165) is 5.69 Å². The van der Waals surface area contributed by atoms with Gasteiger partial charge in [0.15, 0.2) is 5.65 Å². The molecule has 0 aliphatic carbocycles. The van der Waals surface area contributed by atoms with Crippen molar-refractivity contribution in [3.8, 4) is 17.5 Å². The van der Waals surface area contributed by atoms with Crippen LogP contribution in [-0.4, -0.2) is 74.9 Å². The molecule has 0 spiro atoms. The molecule has 4 aromatic heterocycles. The predicted octanol–water partition coefficient (Wildman–Crippen LogP) is 2.67. The van der Waals surface area contributed by atoms with Gasteiger partial charge in [0, 0.05) is 44.0 Å². The van der Waals surface area contributed by atoms with E-state index in [0.29, 0.717) is 63.5 Å². The summed E-state index contributed by atoms with van der Waals surface area (Å²) >= 11 is 0. The minimum atomic E-state index is -1.05. The molecule has 7 rings (SSSR count). The number of benzene rings is 2. The Morgan fingerprint density at radius 3 is 2.53 bits per heavy atom. The highest BCUT2D eigenvalue weighted by Gasteiger charge is 2.36. The SMILES string of the molecule is Cc1nn2cccnc2c1C(=O)N[C@@H](C)c1nc2cccc(C#Cc3cnn(C)c3C3CN(C(=O)C(C)O)C3)c2c(=O)n1-c1ccccc1. The Morgan fingerprint density at radius 2 is 1.78 bits per heavy atom. The number of aliphatic hydroxyl groups is 1. The number of fused-ring (bicyclic) bond motifs is 2. The van der Waals surface area contributed by atoms with E-state index in [2.05, 4.69) is 32.3 Å². The van der Waals surface area contributed by atoms with Crippen molar-refractivity contribution < 1.29 is 14.7 Å². The molecule has 2 aromatic carbocycles. The summed E-state index contributed by atoms with van der Waals surface area (Å²) in [6.07, 6.45) is 3.96. The number of hydrogen-bond donors (Lipinski definition) is 2. The molecule has 0 bridgehead atoms. The molecule has 6 aromatic rings. The van der Waals surface area contributed by atoms with Crippen LogP contribution in [0.15, 0.2) is 78.0 Å². The summed E-state index contributed by atoms with van der Waals surface area (Å²) in [7, 11) is 1.83. The lowest BCUT2D eigenvalue weighted by molar-refractivity contribution is -0.143. The highest BCUT2D eigenvalue weighted by atomic mass is 16.3. The van der Waals surface area contributed by atoms with Crippen molar-refractivity contribution in [2.24, 2.45) is 7.05 Å². The Bertz CT molecular complexity index is 2370. The molecule has 13 nitrogen and oxygen atoms in total. The maximum absolute atomic E-state index is 14.5. The number of para-hydroxylation sites is 1. The van der Waals surface area contributed by atoms with E-state index in [4.69, 9.17) is 4.98 Å². The highest BCUT2D eigenvalue weighted by molar-refractivity contribution is 6.01.